The summed E-state index contributed by atoms with van der Waals surface area (Å²) < 4.78 is 14.6. The van der Waals surface area contributed by atoms with Gasteiger partial charge >= 0.3 is 6.09 Å². The first-order valence-electron chi connectivity index (χ1n) is 4.68. The Labute approximate surface area is 98.7 Å². The third-order valence-electron chi connectivity index (χ3n) is 2.08. The van der Waals surface area contributed by atoms with Gasteiger partial charge in [0.2, 0.25) is 0 Å². The molecule has 6 heteroatoms. The van der Waals surface area contributed by atoms with Crippen LogP contribution in [0.3, 0.4) is 0 Å². The third kappa shape index (κ3) is 2.58. The molecule has 0 saturated heterocycles. The first-order valence-corrected chi connectivity index (χ1v) is 4.68. The van der Waals surface area contributed by atoms with Crippen LogP contribution >= 0.6 is 0 Å². The van der Waals surface area contributed by atoms with Gasteiger partial charge in [0, 0.05) is 0 Å². The summed E-state index contributed by atoms with van der Waals surface area (Å²) >= 11 is 0. The lowest BCUT2D eigenvalue weighted by atomic mass is 10.1. The van der Waals surface area contributed by atoms with Crippen LogP contribution in [0.2, 0.25) is 0 Å². The maximum absolute atomic E-state index is 11.1. The van der Waals surface area contributed by atoms with E-state index in [0.717, 1.165) is 0 Å². The van der Waals surface area contributed by atoms with Crippen molar-refractivity contribution in [2.75, 3.05) is 26.6 Å². The van der Waals surface area contributed by atoms with Gasteiger partial charge in [-0.1, -0.05) is 0 Å². The number of rotatable bonds is 3. The molecule has 0 aliphatic heterocycles. The quantitative estimate of drug-likeness (QED) is 0.864. The topological polar surface area (TPSA) is 80.6 Å². The van der Waals surface area contributed by atoms with Gasteiger partial charge in [-0.15, -0.1) is 0 Å². The Balaban J connectivity index is 3.24. The second kappa shape index (κ2) is 5.61. The van der Waals surface area contributed by atoms with Crippen molar-refractivity contribution in [2.45, 2.75) is 0 Å². The van der Waals surface area contributed by atoms with Crippen molar-refractivity contribution in [3.8, 4) is 17.6 Å². The molecule has 1 aromatic carbocycles. The van der Waals surface area contributed by atoms with E-state index >= 15 is 0 Å². The lowest BCUT2D eigenvalue weighted by Crippen LogP contribution is -2.12. The van der Waals surface area contributed by atoms with Crippen LogP contribution in [0.1, 0.15) is 5.56 Å². The van der Waals surface area contributed by atoms with Crippen molar-refractivity contribution < 1.29 is 19.0 Å². The fourth-order valence-electron chi connectivity index (χ4n) is 1.30. The third-order valence-corrected chi connectivity index (χ3v) is 2.08. The average molecular weight is 236 g/mol. The van der Waals surface area contributed by atoms with Crippen molar-refractivity contribution in [1.29, 1.82) is 5.26 Å². The van der Waals surface area contributed by atoms with Crippen LogP contribution in [0.25, 0.3) is 0 Å². The number of anilines is 1. The molecule has 0 atom stereocenters. The molecule has 0 aromatic heterocycles. The van der Waals surface area contributed by atoms with Crippen LogP contribution < -0.4 is 14.8 Å². The average Bonchev–Trinajstić information content (AvgIpc) is 2.37. The number of amides is 1. The number of benzene rings is 1. The highest BCUT2D eigenvalue weighted by Gasteiger charge is 2.16. The largest absolute Gasteiger partial charge is 0.493 e. The standard InChI is InChI=1S/C11H12N2O4/c1-15-9-5-4-8(13-11(14)17-3)7(6-12)10(9)16-2/h4-5H,1-3H3,(H,13,14). The first-order chi connectivity index (χ1) is 8.17. The van der Waals surface area contributed by atoms with E-state index < -0.39 is 6.09 Å². The molecule has 6 nitrogen and oxygen atoms in total. The number of nitriles is 1. The van der Waals surface area contributed by atoms with E-state index in [0.29, 0.717) is 11.4 Å². The van der Waals surface area contributed by atoms with E-state index in [1.165, 1.54) is 27.4 Å². The molecule has 1 rings (SSSR count). The number of methoxy groups -OCH3 is 3. The van der Waals surface area contributed by atoms with Crippen molar-refractivity contribution in [3.63, 3.8) is 0 Å². The second-order valence-corrected chi connectivity index (χ2v) is 2.95. The van der Waals surface area contributed by atoms with Gasteiger partial charge < -0.3 is 14.2 Å². The molecule has 0 saturated carbocycles. The summed E-state index contributed by atoms with van der Waals surface area (Å²) in [5.41, 5.74) is 0.481. The highest BCUT2D eigenvalue weighted by molar-refractivity contribution is 5.87. The number of nitrogens with one attached hydrogen (secondary N) is 1. The zero-order valence-electron chi connectivity index (χ0n) is 9.73. The molecule has 17 heavy (non-hydrogen) atoms. The Morgan fingerprint density at radius 2 is 2.00 bits per heavy atom. The van der Waals surface area contributed by atoms with E-state index in [-0.39, 0.29) is 11.3 Å². The summed E-state index contributed by atoms with van der Waals surface area (Å²) in [6, 6.07) is 5.07. The molecule has 1 amide bonds. The highest BCUT2D eigenvalue weighted by atomic mass is 16.5. The summed E-state index contributed by atoms with van der Waals surface area (Å²) in [6.45, 7) is 0. The molecule has 1 aromatic rings. The number of carbonyl (C=O) groups excluding carboxylic acids is 1. The van der Waals surface area contributed by atoms with E-state index in [4.69, 9.17) is 14.7 Å². The summed E-state index contributed by atoms with van der Waals surface area (Å²) in [4.78, 5) is 11.1. The van der Waals surface area contributed by atoms with E-state index in [1.807, 2.05) is 6.07 Å². The Morgan fingerprint density at radius 3 is 2.47 bits per heavy atom. The zero-order chi connectivity index (χ0) is 12.8. The van der Waals surface area contributed by atoms with Crippen LogP contribution in [-0.2, 0) is 4.74 Å². The maximum Gasteiger partial charge on any atom is 0.411 e. The van der Waals surface area contributed by atoms with Gasteiger partial charge in [0.15, 0.2) is 11.5 Å². The van der Waals surface area contributed by atoms with Crippen molar-refractivity contribution in [2.24, 2.45) is 0 Å². The van der Waals surface area contributed by atoms with Crippen LogP contribution in [0.4, 0.5) is 10.5 Å². The normalized spacial score (nSPS) is 9.06. The molecule has 0 aliphatic rings. The minimum Gasteiger partial charge on any atom is -0.493 e. The minimum atomic E-state index is -0.659. The molecular formula is C11H12N2O4. The molecular weight excluding hydrogens is 224 g/mol. The molecule has 0 heterocycles. The van der Waals surface area contributed by atoms with Gasteiger partial charge in [-0.2, -0.15) is 5.26 Å². The number of hydrogen-bond donors (Lipinski definition) is 1. The minimum absolute atomic E-state index is 0.178. The fourth-order valence-corrected chi connectivity index (χ4v) is 1.30. The molecule has 0 aliphatic carbocycles. The Morgan fingerprint density at radius 1 is 1.29 bits per heavy atom. The fraction of sp³-hybridized carbons (Fsp3) is 0.273. The Kier molecular flexibility index (Phi) is 4.17. The SMILES string of the molecule is COC(=O)Nc1ccc(OC)c(OC)c1C#N. The predicted octanol–water partition coefficient (Wildman–Crippen LogP) is 1.75. The van der Waals surface area contributed by atoms with Gasteiger partial charge in [0.25, 0.3) is 0 Å². The molecule has 0 spiro atoms. The van der Waals surface area contributed by atoms with Gasteiger partial charge in [-0.05, 0) is 12.1 Å². The lowest BCUT2D eigenvalue weighted by Gasteiger charge is -2.12. The van der Waals surface area contributed by atoms with E-state index in [1.54, 1.807) is 6.07 Å². The van der Waals surface area contributed by atoms with Crippen molar-refractivity contribution in [3.05, 3.63) is 17.7 Å². The number of hydrogen-bond acceptors (Lipinski definition) is 5. The molecule has 0 fully saturated rings. The predicted molar refractivity (Wildman–Crippen MR) is 60.3 cm³/mol. The highest BCUT2D eigenvalue weighted by Crippen LogP contribution is 2.35. The number of carbonyl (C=O) groups is 1. The Bertz CT molecular complexity index is 465. The lowest BCUT2D eigenvalue weighted by molar-refractivity contribution is 0.187. The molecule has 0 bridgehead atoms. The second-order valence-electron chi connectivity index (χ2n) is 2.95. The van der Waals surface area contributed by atoms with Gasteiger partial charge in [0.05, 0.1) is 27.0 Å². The summed E-state index contributed by atoms with van der Waals surface area (Å²) in [7, 11) is 4.12. The van der Waals surface area contributed by atoms with Crippen molar-refractivity contribution in [1.82, 2.24) is 0 Å². The monoisotopic (exact) mass is 236 g/mol. The maximum atomic E-state index is 11.1. The zero-order valence-corrected chi connectivity index (χ0v) is 9.73. The van der Waals surface area contributed by atoms with Gasteiger partial charge in [-0.3, -0.25) is 5.32 Å². The van der Waals surface area contributed by atoms with Crippen LogP contribution in [0.5, 0.6) is 11.5 Å². The molecule has 0 unspecified atom stereocenters. The smallest absolute Gasteiger partial charge is 0.411 e. The van der Waals surface area contributed by atoms with Crippen LogP contribution in [-0.4, -0.2) is 27.4 Å². The summed E-state index contributed by atoms with van der Waals surface area (Å²) in [5.74, 6) is 0.684. The molecule has 1 N–H and O–H groups in total. The number of ether oxygens (including phenoxy) is 3. The van der Waals surface area contributed by atoms with Crippen LogP contribution in [0.15, 0.2) is 12.1 Å². The molecule has 0 radical (unpaired) electrons. The molecule has 90 valence electrons. The summed E-state index contributed by atoms with van der Waals surface area (Å²) in [6.07, 6.45) is -0.659. The van der Waals surface area contributed by atoms with Crippen LogP contribution in [0, 0.1) is 11.3 Å². The van der Waals surface area contributed by atoms with E-state index in [2.05, 4.69) is 10.1 Å². The van der Waals surface area contributed by atoms with Gasteiger partial charge in [0.1, 0.15) is 11.6 Å². The number of nitrogens with zero attached hydrogens (tertiary/aromatic N) is 1. The summed E-state index contributed by atoms with van der Waals surface area (Å²) in [5, 5.41) is 11.5. The van der Waals surface area contributed by atoms with E-state index in [9.17, 15) is 4.79 Å². The Hall–Kier alpha value is -2.42. The first kappa shape index (κ1) is 12.6. The van der Waals surface area contributed by atoms with Gasteiger partial charge in [-0.25, -0.2) is 4.79 Å². The van der Waals surface area contributed by atoms with Crippen molar-refractivity contribution >= 4 is 11.8 Å².